The summed E-state index contributed by atoms with van der Waals surface area (Å²) in [6.45, 7) is 2.09. The van der Waals surface area contributed by atoms with Crippen molar-refractivity contribution in [2.24, 2.45) is 0 Å². The lowest BCUT2D eigenvalue weighted by Gasteiger charge is -2.21. The van der Waals surface area contributed by atoms with Gasteiger partial charge in [-0.25, -0.2) is 8.78 Å². The molecule has 18 nitrogen and oxygen atoms in total. The Morgan fingerprint density at radius 2 is 0.833 bits per heavy atom. The molecular weight excluding hydrogens is 935 g/mol. The number of nitrogens with one attached hydrogen (secondary N) is 5. The average Bonchev–Trinajstić information content (AvgIpc) is 3.99. The van der Waals surface area contributed by atoms with Gasteiger partial charge in [0.25, 0.3) is 23.6 Å². The summed E-state index contributed by atoms with van der Waals surface area (Å²) in [5.74, 6) is -5.07. The Morgan fingerprint density at radius 1 is 0.500 bits per heavy atom. The molecule has 2 fully saturated rings. The third-order valence-corrected chi connectivity index (χ3v) is 12.0. The fourth-order valence-corrected chi connectivity index (χ4v) is 8.12. The van der Waals surface area contributed by atoms with Crippen LogP contribution in [0.25, 0.3) is 0 Å². The maximum atomic E-state index is 14.8. The van der Waals surface area contributed by atoms with Crippen molar-refractivity contribution >= 4 is 35.2 Å². The van der Waals surface area contributed by atoms with Crippen molar-refractivity contribution in [1.29, 1.82) is 0 Å². The molecule has 2 aliphatic heterocycles. The minimum atomic E-state index is -0.965. The monoisotopic (exact) mass is 984 g/mol. The maximum Gasteiger partial charge on any atom is 0.251 e. The zero-order chi connectivity index (χ0) is 51.5. The Kier molecular flexibility index (Phi) is 16.6. The quantitative estimate of drug-likeness (QED) is 0.0799. The number of halogens is 2. The first-order valence-electron chi connectivity index (χ1n) is 22.4. The number of ketones is 2. The number of benzene rings is 4. The van der Waals surface area contributed by atoms with Gasteiger partial charge in [-0.3, -0.25) is 38.7 Å². The molecule has 0 radical (unpaired) electrons. The fourth-order valence-electron chi connectivity index (χ4n) is 8.12. The second-order valence-electron chi connectivity index (χ2n) is 16.6. The largest absolute Gasteiger partial charge is 0.507 e. The van der Waals surface area contributed by atoms with Crippen LogP contribution < -0.4 is 40.8 Å². The number of likely N-dealkylation sites (tertiary alicyclic amines) is 1. The Bertz CT molecular complexity index is 2950. The molecule has 4 amide bonds. The molecule has 0 bridgehead atoms. The first-order chi connectivity index (χ1) is 34.7. The van der Waals surface area contributed by atoms with Crippen LogP contribution in [0.5, 0.6) is 23.0 Å². The Labute approximate surface area is 412 Å². The molecule has 4 atom stereocenters. The molecule has 0 aliphatic carbocycles. The number of methoxy groups -OCH3 is 3. The van der Waals surface area contributed by atoms with E-state index < -0.39 is 40.4 Å². The number of amides is 4. The number of hydrogen-bond acceptors (Lipinski definition) is 14. The summed E-state index contributed by atoms with van der Waals surface area (Å²) in [6, 6.07) is 21.9. The fraction of sp³-hybridized carbons (Fsp3) is 0.231. The first kappa shape index (κ1) is 51.2. The van der Waals surface area contributed by atoms with E-state index >= 15 is 0 Å². The highest BCUT2D eigenvalue weighted by atomic mass is 19.1. The van der Waals surface area contributed by atoms with Gasteiger partial charge in [-0.15, -0.1) is 0 Å². The highest BCUT2D eigenvalue weighted by Crippen LogP contribution is 2.32. The topological polar surface area (TPSA) is 240 Å². The molecule has 72 heavy (non-hydrogen) atoms. The van der Waals surface area contributed by atoms with E-state index in [1.54, 1.807) is 36.7 Å². The van der Waals surface area contributed by atoms with Gasteiger partial charge in [0, 0.05) is 84.3 Å². The van der Waals surface area contributed by atoms with Crippen molar-refractivity contribution in [3.05, 3.63) is 178 Å². The van der Waals surface area contributed by atoms with Gasteiger partial charge >= 0.3 is 0 Å². The van der Waals surface area contributed by atoms with Gasteiger partial charge < -0.3 is 50.8 Å². The minimum Gasteiger partial charge on any atom is -0.507 e. The summed E-state index contributed by atoms with van der Waals surface area (Å²) < 4.78 is 44.4. The number of carbonyl (C=O) groups excluding carboxylic acids is 6. The summed E-state index contributed by atoms with van der Waals surface area (Å²) in [4.78, 5) is 86.4. The summed E-state index contributed by atoms with van der Waals surface area (Å²) in [5, 5.41) is 24.9. The van der Waals surface area contributed by atoms with Gasteiger partial charge in [-0.1, -0.05) is 24.3 Å². The predicted octanol–water partition coefficient (Wildman–Crippen LogP) is 3.98. The Hall–Kier alpha value is -8.62. The first-order valence-corrected chi connectivity index (χ1v) is 22.4. The lowest BCUT2D eigenvalue weighted by molar-refractivity contribution is 0.0896. The Morgan fingerprint density at radius 3 is 1.25 bits per heavy atom. The highest BCUT2D eigenvalue weighted by Gasteiger charge is 2.34. The highest BCUT2D eigenvalue weighted by molar-refractivity contribution is 6.12. The molecule has 6 aromatic rings. The van der Waals surface area contributed by atoms with E-state index in [1.165, 1.54) is 107 Å². The third-order valence-electron chi connectivity index (χ3n) is 12.0. The summed E-state index contributed by atoms with van der Waals surface area (Å²) in [7, 11) is 5.82. The number of aromatic hydroxyl groups is 1. The van der Waals surface area contributed by atoms with Gasteiger partial charge in [-0.05, 0) is 79.8 Å². The molecule has 2 saturated heterocycles. The van der Waals surface area contributed by atoms with Crippen molar-refractivity contribution in [2.75, 3.05) is 54.6 Å². The summed E-state index contributed by atoms with van der Waals surface area (Å²) in [5.41, 5.74) is 1.08. The molecule has 0 unspecified atom stereocenters. The zero-order valence-corrected chi connectivity index (χ0v) is 39.4. The number of phenolic OH excluding ortho intramolecular Hbond substituents is 1. The molecule has 4 aromatic carbocycles. The molecule has 8 rings (SSSR count). The number of pyridine rings is 2. The van der Waals surface area contributed by atoms with Crippen molar-refractivity contribution < 1.29 is 56.9 Å². The molecule has 6 N–H and O–H groups in total. The summed E-state index contributed by atoms with van der Waals surface area (Å²) >= 11 is 0. The van der Waals surface area contributed by atoms with Crippen LogP contribution in [0.15, 0.2) is 122 Å². The van der Waals surface area contributed by atoms with Crippen LogP contribution in [0.1, 0.15) is 73.3 Å². The number of aromatic nitrogens is 2. The molecular formula is C52H50F2N8O10. The van der Waals surface area contributed by atoms with Crippen molar-refractivity contribution in [3.8, 4) is 23.0 Å². The average molecular weight is 985 g/mol. The second kappa shape index (κ2) is 23.3. The molecule has 2 aromatic heterocycles. The van der Waals surface area contributed by atoms with E-state index in [0.717, 1.165) is 0 Å². The van der Waals surface area contributed by atoms with Gasteiger partial charge in [0.05, 0.1) is 45.5 Å². The maximum absolute atomic E-state index is 14.8. The molecule has 372 valence electrons. The predicted molar refractivity (Wildman–Crippen MR) is 258 cm³/mol. The van der Waals surface area contributed by atoms with Gasteiger partial charge in [0.1, 0.15) is 22.6 Å². The molecule has 20 heteroatoms. The van der Waals surface area contributed by atoms with E-state index in [1.807, 2.05) is 11.9 Å². The van der Waals surface area contributed by atoms with E-state index in [2.05, 4.69) is 36.6 Å². The van der Waals surface area contributed by atoms with E-state index in [4.69, 9.17) is 14.2 Å². The molecule has 4 heterocycles. The summed E-state index contributed by atoms with van der Waals surface area (Å²) in [6.07, 6.45) is 6.14. The van der Waals surface area contributed by atoms with Crippen molar-refractivity contribution in [1.82, 2.24) is 41.5 Å². The number of ether oxygens (including phenoxy) is 3. The van der Waals surface area contributed by atoms with Gasteiger partial charge in [-0.2, -0.15) is 0 Å². The number of phenols is 1. The lowest BCUT2D eigenvalue weighted by Crippen LogP contribution is -2.51. The molecule has 0 saturated carbocycles. The number of hydrogen-bond donors (Lipinski definition) is 6. The van der Waals surface area contributed by atoms with E-state index in [9.17, 15) is 42.7 Å². The standard InChI is InChI=1S/C27H27FN4O5.C25H23FN4O5/c1-32-14-19(20(15-32)31-27(35)18-10-12-29-13-11-18)30-26(34)17-6-4-16(5-7-17)25(33)23-21(36-2)8-9-22(37-3)24(23)28;1-35-20-7-6-19(31)21(22(20)26)23(32)14-2-4-15(5-3-14)24(33)29-17-12-28-13-18(17)30-25(34)16-8-10-27-11-9-16/h4-13,19-20H,14-15H2,1-3H3,(H,30,34)(H,31,35);2-11,17-18,28,31H,12-13H2,1H3,(H,29,33)(H,30,34)/t19-,20-;17-,18-/m11/s1. The molecule has 2 aliphatic rings. The SMILES string of the molecule is COc1ccc(O)c(C(=O)c2ccc(C(=O)N[C@@H]3CNC[C@H]3NC(=O)c3ccncc3)cc2)c1F.COc1ccc(OC)c(C(=O)c2ccc(C(=O)N[C@@H]3CN(C)C[C@H]3NC(=O)c3ccncc3)cc2)c1F. The smallest absolute Gasteiger partial charge is 0.251 e. The van der Waals surface area contributed by atoms with Crippen LogP contribution >= 0.6 is 0 Å². The second-order valence-corrected chi connectivity index (χ2v) is 16.6. The van der Waals surface area contributed by atoms with Crippen molar-refractivity contribution in [2.45, 2.75) is 24.2 Å². The van der Waals surface area contributed by atoms with Crippen LogP contribution in [0.3, 0.4) is 0 Å². The van der Waals surface area contributed by atoms with Gasteiger partial charge in [0.2, 0.25) is 0 Å². The van der Waals surface area contributed by atoms with Crippen LogP contribution in [-0.2, 0) is 0 Å². The van der Waals surface area contributed by atoms with Crippen molar-refractivity contribution in [3.63, 3.8) is 0 Å². The zero-order valence-electron chi connectivity index (χ0n) is 39.4. The Balaban J connectivity index is 0.000000212. The number of carbonyl (C=O) groups is 6. The third kappa shape index (κ3) is 11.9. The van der Waals surface area contributed by atoms with Crippen LogP contribution in [-0.4, -0.2) is 134 Å². The van der Waals surface area contributed by atoms with E-state index in [-0.39, 0.29) is 81.4 Å². The lowest BCUT2D eigenvalue weighted by atomic mass is 10.00. The number of nitrogens with zero attached hydrogens (tertiary/aromatic N) is 3. The molecule has 0 spiro atoms. The van der Waals surface area contributed by atoms with Crippen LogP contribution in [0.4, 0.5) is 8.78 Å². The number of likely N-dealkylation sites (N-methyl/N-ethyl adjacent to an activating group) is 1. The minimum absolute atomic E-state index is 0.0766. The normalized spacial score (nSPS) is 17.1. The van der Waals surface area contributed by atoms with Crippen LogP contribution in [0.2, 0.25) is 0 Å². The van der Waals surface area contributed by atoms with Gasteiger partial charge in [0.15, 0.2) is 34.7 Å². The van der Waals surface area contributed by atoms with E-state index in [0.29, 0.717) is 42.9 Å². The van der Waals surface area contributed by atoms with Crippen LogP contribution in [0, 0.1) is 11.6 Å². The number of rotatable bonds is 15.